The molecule has 1 aliphatic rings. The molecule has 1 N–H and O–H groups in total. The number of piperazine rings is 1. The highest BCUT2D eigenvalue weighted by atomic mass is 32.2. The smallest absolute Gasteiger partial charge is 0.0378 e. The monoisotopic (exact) mass is 284 g/mol. The third kappa shape index (κ3) is 3.35. The van der Waals surface area contributed by atoms with Crippen molar-refractivity contribution >= 4 is 17.4 Å². The molecule has 2 aromatic carbocycles. The van der Waals surface area contributed by atoms with E-state index in [1.807, 2.05) is 11.8 Å². The Kier molecular flexibility index (Phi) is 4.28. The molecule has 0 radical (unpaired) electrons. The summed E-state index contributed by atoms with van der Waals surface area (Å²) in [6, 6.07) is 17.6. The van der Waals surface area contributed by atoms with E-state index in [9.17, 15) is 0 Å². The summed E-state index contributed by atoms with van der Waals surface area (Å²) in [5.74, 6) is 0. The van der Waals surface area contributed by atoms with Gasteiger partial charge in [-0.25, -0.2) is 0 Å². The Morgan fingerprint density at radius 1 is 0.950 bits per heavy atom. The third-order valence-corrected chi connectivity index (χ3v) is 4.55. The van der Waals surface area contributed by atoms with Gasteiger partial charge in [-0.15, -0.1) is 0 Å². The molecule has 0 amide bonds. The summed E-state index contributed by atoms with van der Waals surface area (Å²) in [6.07, 6.45) is 0. The molecule has 2 nitrogen and oxygen atoms in total. The van der Waals surface area contributed by atoms with Crippen LogP contribution in [0.25, 0.3) is 0 Å². The molecule has 1 saturated heterocycles. The van der Waals surface area contributed by atoms with Crippen LogP contribution in [0.5, 0.6) is 0 Å². The van der Waals surface area contributed by atoms with Crippen LogP contribution in [0.3, 0.4) is 0 Å². The van der Waals surface area contributed by atoms with Crippen LogP contribution in [0, 0.1) is 6.92 Å². The maximum absolute atomic E-state index is 3.40. The SMILES string of the molecule is Cc1ccc(Sc2cccc(N3CCNCC3)c2)cc1. The quantitative estimate of drug-likeness (QED) is 0.928. The van der Waals surface area contributed by atoms with Crippen LogP contribution in [0.1, 0.15) is 5.56 Å². The molecule has 0 aromatic heterocycles. The molecule has 0 saturated carbocycles. The zero-order valence-corrected chi connectivity index (χ0v) is 12.6. The molecule has 0 aliphatic carbocycles. The highest BCUT2D eigenvalue weighted by Gasteiger charge is 2.10. The molecule has 3 heteroatoms. The van der Waals surface area contributed by atoms with E-state index in [1.165, 1.54) is 21.0 Å². The van der Waals surface area contributed by atoms with Gasteiger partial charge in [0.2, 0.25) is 0 Å². The molecule has 3 rings (SSSR count). The van der Waals surface area contributed by atoms with Crippen LogP contribution in [0.4, 0.5) is 5.69 Å². The number of anilines is 1. The van der Waals surface area contributed by atoms with Crippen LogP contribution >= 0.6 is 11.8 Å². The lowest BCUT2D eigenvalue weighted by molar-refractivity contribution is 0.589. The predicted molar refractivity (Wildman–Crippen MR) is 86.8 cm³/mol. The van der Waals surface area contributed by atoms with E-state index >= 15 is 0 Å². The van der Waals surface area contributed by atoms with Gasteiger partial charge in [0, 0.05) is 41.7 Å². The van der Waals surface area contributed by atoms with Crippen molar-refractivity contribution in [3.63, 3.8) is 0 Å². The lowest BCUT2D eigenvalue weighted by atomic mass is 10.2. The summed E-state index contributed by atoms with van der Waals surface area (Å²) in [6.45, 7) is 6.47. The van der Waals surface area contributed by atoms with Gasteiger partial charge < -0.3 is 10.2 Å². The first kappa shape index (κ1) is 13.5. The fraction of sp³-hybridized carbons (Fsp3) is 0.294. The molecule has 104 valence electrons. The van der Waals surface area contributed by atoms with Gasteiger partial charge in [0.25, 0.3) is 0 Å². The number of nitrogens with zero attached hydrogens (tertiary/aromatic N) is 1. The lowest BCUT2D eigenvalue weighted by Gasteiger charge is -2.29. The highest BCUT2D eigenvalue weighted by molar-refractivity contribution is 7.99. The molecule has 0 unspecified atom stereocenters. The molecule has 1 aliphatic heterocycles. The van der Waals surface area contributed by atoms with E-state index in [2.05, 4.69) is 65.7 Å². The molecular formula is C17H20N2S. The summed E-state index contributed by atoms with van der Waals surface area (Å²) in [5, 5.41) is 3.40. The fourth-order valence-electron chi connectivity index (χ4n) is 2.41. The summed E-state index contributed by atoms with van der Waals surface area (Å²) in [4.78, 5) is 5.06. The first-order chi connectivity index (χ1) is 9.81. The minimum absolute atomic E-state index is 1.08. The van der Waals surface area contributed by atoms with Gasteiger partial charge in [0.15, 0.2) is 0 Å². The van der Waals surface area contributed by atoms with Crippen molar-refractivity contribution in [3.8, 4) is 0 Å². The first-order valence-corrected chi connectivity index (χ1v) is 7.93. The number of benzene rings is 2. The van der Waals surface area contributed by atoms with Crippen molar-refractivity contribution in [3.05, 3.63) is 54.1 Å². The highest BCUT2D eigenvalue weighted by Crippen LogP contribution is 2.30. The topological polar surface area (TPSA) is 15.3 Å². The second kappa shape index (κ2) is 6.33. The van der Waals surface area contributed by atoms with Gasteiger partial charge in [-0.2, -0.15) is 0 Å². The minimum Gasteiger partial charge on any atom is -0.369 e. The predicted octanol–water partition coefficient (Wildman–Crippen LogP) is 3.56. The zero-order valence-electron chi connectivity index (χ0n) is 11.8. The van der Waals surface area contributed by atoms with E-state index in [1.54, 1.807) is 0 Å². The van der Waals surface area contributed by atoms with E-state index in [0.717, 1.165) is 26.2 Å². The molecule has 0 atom stereocenters. The second-order valence-corrected chi connectivity index (χ2v) is 6.30. The number of rotatable bonds is 3. The summed E-state index contributed by atoms with van der Waals surface area (Å²) in [5.41, 5.74) is 2.65. The van der Waals surface area contributed by atoms with Gasteiger partial charge in [0.05, 0.1) is 0 Å². The third-order valence-electron chi connectivity index (χ3n) is 3.56. The number of nitrogens with one attached hydrogen (secondary N) is 1. The number of aryl methyl sites for hydroxylation is 1. The normalized spacial score (nSPS) is 15.3. The van der Waals surface area contributed by atoms with Crippen molar-refractivity contribution in [2.45, 2.75) is 16.7 Å². The minimum atomic E-state index is 1.08. The van der Waals surface area contributed by atoms with Crippen molar-refractivity contribution in [2.75, 3.05) is 31.1 Å². The van der Waals surface area contributed by atoms with E-state index in [0.29, 0.717) is 0 Å². The van der Waals surface area contributed by atoms with Gasteiger partial charge in [-0.1, -0.05) is 35.5 Å². The molecule has 1 fully saturated rings. The average Bonchev–Trinajstić information content (AvgIpc) is 2.51. The average molecular weight is 284 g/mol. The van der Waals surface area contributed by atoms with Crippen LogP contribution < -0.4 is 10.2 Å². The zero-order chi connectivity index (χ0) is 13.8. The van der Waals surface area contributed by atoms with Crippen LogP contribution in [0.15, 0.2) is 58.3 Å². The van der Waals surface area contributed by atoms with Crippen LogP contribution in [-0.4, -0.2) is 26.2 Å². The Balaban J connectivity index is 1.75. The molecular weight excluding hydrogens is 264 g/mol. The summed E-state index contributed by atoms with van der Waals surface area (Å²) >= 11 is 1.83. The van der Waals surface area contributed by atoms with E-state index < -0.39 is 0 Å². The Hall–Kier alpha value is -1.45. The van der Waals surface area contributed by atoms with Crippen LogP contribution in [-0.2, 0) is 0 Å². The van der Waals surface area contributed by atoms with Crippen molar-refractivity contribution in [2.24, 2.45) is 0 Å². The number of hydrogen-bond acceptors (Lipinski definition) is 3. The Morgan fingerprint density at radius 3 is 2.45 bits per heavy atom. The van der Waals surface area contributed by atoms with Gasteiger partial charge in [0.1, 0.15) is 0 Å². The molecule has 2 aromatic rings. The van der Waals surface area contributed by atoms with Crippen molar-refractivity contribution in [1.29, 1.82) is 0 Å². The largest absolute Gasteiger partial charge is 0.369 e. The van der Waals surface area contributed by atoms with Gasteiger partial charge >= 0.3 is 0 Å². The fourth-order valence-corrected chi connectivity index (χ4v) is 3.28. The Bertz CT molecular complexity index is 559. The molecule has 1 heterocycles. The summed E-state index contributed by atoms with van der Waals surface area (Å²) < 4.78 is 0. The van der Waals surface area contributed by atoms with Gasteiger partial charge in [-0.3, -0.25) is 0 Å². The van der Waals surface area contributed by atoms with Crippen LogP contribution in [0.2, 0.25) is 0 Å². The van der Waals surface area contributed by atoms with E-state index in [-0.39, 0.29) is 0 Å². The lowest BCUT2D eigenvalue weighted by Crippen LogP contribution is -2.43. The standard InChI is InChI=1S/C17H20N2S/c1-14-5-7-16(8-6-14)20-17-4-2-3-15(13-17)19-11-9-18-10-12-19/h2-8,13,18H,9-12H2,1H3. The van der Waals surface area contributed by atoms with Crippen molar-refractivity contribution in [1.82, 2.24) is 5.32 Å². The molecule has 0 spiro atoms. The molecule has 20 heavy (non-hydrogen) atoms. The van der Waals surface area contributed by atoms with Gasteiger partial charge in [-0.05, 0) is 37.3 Å². The number of hydrogen-bond donors (Lipinski definition) is 1. The maximum atomic E-state index is 3.40. The summed E-state index contributed by atoms with van der Waals surface area (Å²) in [7, 11) is 0. The maximum Gasteiger partial charge on any atom is 0.0378 e. The second-order valence-electron chi connectivity index (χ2n) is 5.15. The molecule has 0 bridgehead atoms. The van der Waals surface area contributed by atoms with Crippen molar-refractivity contribution < 1.29 is 0 Å². The first-order valence-electron chi connectivity index (χ1n) is 7.11. The Labute approximate surface area is 125 Å². The Morgan fingerprint density at radius 2 is 1.70 bits per heavy atom. The van der Waals surface area contributed by atoms with E-state index in [4.69, 9.17) is 0 Å².